The van der Waals surface area contributed by atoms with Gasteiger partial charge in [-0.2, -0.15) is 0 Å². The van der Waals surface area contributed by atoms with Gasteiger partial charge in [0.2, 0.25) is 11.8 Å². The van der Waals surface area contributed by atoms with Crippen molar-refractivity contribution < 1.29 is 18.0 Å². The molecule has 5 rings (SSSR count). The van der Waals surface area contributed by atoms with Gasteiger partial charge in [0.15, 0.2) is 0 Å². The molecule has 1 aliphatic carbocycles. The molecule has 7 nitrogen and oxygen atoms in total. The van der Waals surface area contributed by atoms with Crippen LogP contribution in [-0.2, 0) is 32.6 Å². The molecule has 0 aliphatic heterocycles. The summed E-state index contributed by atoms with van der Waals surface area (Å²) < 4.78 is 29.6. The van der Waals surface area contributed by atoms with Crippen molar-refractivity contribution in [3.8, 4) is 0 Å². The van der Waals surface area contributed by atoms with Crippen LogP contribution in [0.2, 0.25) is 10.0 Å². The third kappa shape index (κ3) is 8.74. The molecule has 1 atom stereocenters. The van der Waals surface area contributed by atoms with Crippen LogP contribution in [0.1, 0.15) is 48.8 Å². The molecule has 1 fully saturated rings. The Balaban J connectivity index is 1.58. The quantitative estimate of drug-likeness (QED) is 0.166. The van der Waals surface area contributed by atoms with E-state index in [0.29, 0.717) is 26.9 Å². The number of sulfonamides is 1. The molecule has 1 saturated carbocycles. The lowest BCUT2D eigenvalue weighted by molar-refractivity contribution is -0.140. The highest BCUT2D eigenvalue weighted by atomic mass is 35.5. The molecule has 0 aromatic heterocycles. The first-order chi connectivity index (χ1) is 22.6. The summed E-state index contributed by atoms with van der Waals surface area (Å²) in [5.74, 6) is -0.811. The highest BCUT2D eigenvalue weighted by Crippen LogP contribution is 2.29. The minimum absolute atomic E-state index is 0.00789. The summed E-state index contributed by atoms with van der Waals surface area (Å²) in [6.07, 6.45) is 5.19. The SMILES string of the molecule is Cc1ccccc1N(CC(=O)N(Cc1ccccc1Cl)[C@@H](Cc1ccccc1)C(=O)NC1CCCCC1)S(=O)(=O)c1ccc(Cl)cc1. The number of carbonyl (C=O) groups excluding carboxylic acids is 2. The van der Waals surface area contributed by atoms with E-state index in [4.69, 9.17) is 23.2 Å². The number of nitrogens with zero attached hydrogens (tertiary/aromatic N) is 2. The van der Waals surface area contributed by atoms with E-state index in [-0.39, 0.29) is 29.8 Å². The van der Waals surface area contributed by atoms with E-state index < -0.39 is 28.5 Å². The number of hydrogen-bond donors (Lipinski definition) is 1. The third-order valence-electron chi connectivity index (χ3n) is 8.59. The zero-order valence-electron chi connectivity index (χ0n) is 26.3. The Bertz CT molecular complexity index is 1780. The predicted octanol–water partition coefficient (Wildman–Crippen LogP) is 7.59. The minimum atomic E-state index is -4.23. The van der Waals surface area contributed by atoms with Crippen molar-refractivity contribution >= 4 is 50.7 Å². The molecule has 10 heteroatoms. The summed E-state index contributed by atoms with van der Waals surface area (Å²) in [6, 6.07) is 28.6. The molecule has 4 aromatic rings. The van der Waals surface area contributed by atoms with Crippen molar-refractivity contribution in [1.29, 1.82) is 0 Å². The number of amides is 2. The summed E-state index contributed by atoms with van der Waals surface area (Å²) in [5, 5.41) is 4.06. The first-order valence-electron chi connectivity index (χ1n) is 15.8. The fourth-order valence-electron chi connectivity index (χ4n) is 6.00. The number of anilines is 1. The number of aryl methyl sites for hydroxylation is 1. The molecule has 0 heterocycles. The number of para-hydroxylation sites is 1. The predicted molar refractivity (Wildman–Crippen MR) is 188 cm³/mol. The highest BCUT2D eigenvalue weighted by molar-refractivity contribution is 7.92. The van der Waals surface area contributed by atoms with E-state index in [9.17, 15) is 18.0 Å². The summed E-state index contributed by atoms with van der Waals surface area (Å²) in [6.45, 7) is 1.26. The molecule has 1 aliphatic rings. The Morgan fingerprint density at radius 1 is 0.830 bits per heavy atom. The monoisotopic (exact) mass is 691 g/mol. The summed E-state index contributed by atoms with van der Waals surface area (Å²) >= 11 is 12.7. The Labute approximate surface area is 287 Å². The van der Waals surface area contributed by atoms with Gasteiger partial charge in [0, 0.05) is 29.1 Å². The van der Waals surface area contributed by atoms with Crippen molar-refractivity contribution in [3.05, 3.63) is 130 Å². The van der Waals surface area contributed by atoms with E-state index in [1.165, 1.54) is 29.2 Å². The first kappa shape index (κ1) is 34.5. The van der Waals surface area contributed by atoms with Gasteiger partial charge in [0.25, 0.3) is 10.0 Å². The lowest BCUT2D eigenvalue weighted by atomic mass is 9.94. The lowest BCUT2D eigenvalue weighted by Gasteiger charge is -2.35. The van der Waals surface area contributed by atoms with Crippen LogP contribution in [0.5, 0.6) is 0 Å². The molecule has 1 N–H and O–H groups in total. The Morgan fingerprint density at radius 2 is 1.47 bits per heavy atom. The van der Waals surface area contributed by atoms with Gasteiger partial charge >= 0.3 is 0 Å². The van der Waals surface area contributed by atoms with Crippen LogP contribution in [0, 0.1) is 6.92 Å². The average molecular weight is 693 g/mol. The number of hydrogen-bond acceptors (Lipinski definition) is 4. The van der Waals surface area contributed by atoms with Gasteiger partial charge in [0.05, 0.1) is 10.6 Å². The maximum atomic E-state index is 14.7. The van der Waals surface area contributed by atoms with E-state index in [0.717, 1.165) is 42.0 Å². The Kier molecular flexibility index (Phi) is 11.6. The smallest absolute Gasteiger partial charge is 0.264 e. The van der Waals surface area contributed by atoms with E-state index in [2.05, 4.69) is 5.32 Å². The third-order valence-corrected chi connectivity index (χ3v) is 11.0. The van der Waals surface area contributed by atoms with Gasteiger partial charge in [-0.05, 0) is 72.9 Å². The van der Waals surface area contributed by atoms with Crippen molar-refractivity contribution in [2.75, 3.05) is 10.8 Å². The Hall–Kier alpha value is -3.85. The fraction of sp³-hybridized carbons (Fsp3) is 0.297. The van der Waals surface area contributed by atoms with Gasteiger partial charge < -0.3 is 10.2 Å². The molecule has 4 aromatic carbocycles. The van der Waals surface area contributed by atoms with Crippen molar-refractivity contribution in [1.82, 2.24) is 10.2 Å². The maximum Gasteiger partial charge on any atom is 0.264 e. The first-order valence-corrected chi connectivity index (χ1v) is 18.0. The average Bonchev–Trinajstić information content (AvgIpc) is 3.07. The topological polar surface area (TPSA) is 86.8 Å². The maximum absolute atomic E-state index is 14.7. The van der Waals surface area contributed by atoms with Crippen molar-refractivity contribution in [2.24, 2.45) is 0 Å². The van der Waals surface area contributed by atoms with Crippen molar-refractivity contribution in [2.45, 2.75) is 69.0 Å². The number of rotatable bonds is 12. The molecule has 0 spiro atoms. The number of halogens is 2. The molecule has 0 bridgehead atoms. The van der Waals surface area contributed by atoms with Crippen LogP contribution in [-0.4, -0.2) is 43.8 Å². The number of nitrogens with one attached hydrogen (secondary N) is 1. The number of benzene rings is 4. The molecule has 2 amide bonds. The molecule has 246 valence electrons. The molecule has 0 radical (unpaired) electrons. The van der Waals surface area contributed by atoms with E-state index in [1.807, 2.05) is 48.5 Å². The Morgan fingerprint density at radius 3 is 2.15 bits per heavy atom. The van der Waals surface area contributed by atoms with Gasteiger partial charge in [-0.15, -0.1) is 0 Å². The fourth-order valence-corrected chi connectivity index (χ4v) is 7.80. The standard InChI is InChI=1S/C37H39Cl2N3O4S/c1-27-12-8-11-19-34(27)42(47(45,46)32-22-20-30(38)21-23-32)26-36(43)41(25-29-15-9-10-18-33(29)39)35(24-28-13-4-2-5-14-28)37(44)40-31-16-6-3-7-17-31/h2,4-5,8-15,18-23,31,35H,3,6-7,16-17,24-26H2,1H3,(H,40,44)/t35-/m0/s1. The van der Waals surface area contributed by atoms with Gasteiger partial charge in [-0.1, -0.05) is 109 Å². The van der Waals surface area contributed by atoms with Crippen LogP contribution < -0.4 is 9.62 Å². The zero-order valence-corrected chi connectivity index (χ0v) is 28.6. The normalized spacial score (nSPS) is 14.3. The largest absolute Gasteiger partial charge is 0.352 e. The van der Waals surface area contributed by atoms with Crippen molar-refractivity contribution in [3.63, 3.8) is 0 Å². The summed E-state index contributed by atoms with van der Waals surface area (Å²) in [4.78, 5) is 30.4. The minimum Gasteiger partial charge on any atom is -0.352 e. The van der Waals surface area contributed by atoms with E-state index >= 15 is 0 Å². The van der Waals surface area contributed by atoms with Gasteiger partial charge in [0.1, 0.15) is 12.6 Å². The molecule has 0 saturated heterocycles. The molecule has 0 unspecified atom stereocenters. The second-order valence-electron chi connectivity index (χ2n) is 11.9. The lowest BCUT2D eigenvalue weighted by Crippen LogP contribution is -2.55. The summed E-state index contributed by atoms with van der Waals surface area (Å²) in [7, 11) is -4.23. The van der Waals surface area contributed by atoms with Crippen LogP contribution in [0.4, 0.5) is 5.69 Å². The highest BCUT2D eigenvalue weighted by Gasteiger charge is 2.36. The van der Waals surface area contributed by atoms with Gasteiger partial charge in [-0.3, -0.25) is 13.9 Å². The molecular formula is C37H39Cl2N3O4S. The van der Waals surface area contributed by atoms with Crippen LogP contribution in [0.15, 0.2) is 108 Å². The van der Waals surface area contributed by atoms with Crippen LogP contribution >= 0.6 is 23.2 Å². The summed E-state index contributed by atoms with van der Waals surface area (Å²) in [5.41, 5.74) is 2.55. The van der Waals surface area contributed by atoms with Crippen LogP contribution in [0.3, 0.4) is 0 Å². The zero-order chi connectivity index (χ0) is 33.4. The van der Waals surface area contributed by atoms with E-state index in [1.54, 1.807) is 37.3 Å². The number of carbonyl (C=O) groups is 2. The molecule has 47 heavy (non-hydrogen) atoms. The molecular weight excluding hydrogens is 653 g/mol. The second-order valence-corrected chi connectivity index (χ2v) is 14.6. The van der Waals surface area contributed by atoms with Gasteiger partial charge in [-0.25, -0.2) is 8.42 Å². The van der Waals surface area contributed by atoms with Crippen LogP contribution in [0.25, 0.3) is 0 Å². The second kappa shape index (κ2) is 15.8.